The summed E-state index contributed by atoms with van der Waals surface area (Å²) in [5.74, 6) is 2.61. The van der Waals surface area contributed by atoms with Gasteiger partial charge in [0.15, 0.2) is 0 Å². The molecule has 0 aromatic carbocycles. The molecule has 0 saturated heterocycles. The second-order valence-corrected chi connectivity index (χ2v) is 4.25. The van der Waals surface area contributed by atoms with Gasteiger partial charge in [-0.3, -0.25) is 14.8 Å². The monoisotopic (exact) mass is 266 g/mol. The summed E-state index contributed by atoms with van der Waals surface area (Å²) in [5.41, 5.74) is -0.0901. The molecule has 0 aliphatic carbocycles. The maximum absolute atomic E-state index is 10.5. The van der Waals surface area contributed by atoms with Crippen LogP contribution in [0.1, 0.15) is 19.8 Å². The summed E-state index contributed by atoms with van der Waals surface area (Å²) < 4.78 is 1.34. The lowest BCUT2D eigenvalue weighted by atomic mass is 10.2. The van der Waals surface area contributed by atoms with Crippen molar-refractivity contribution >= 4 is 5.69 Å². The number of hydrogen-bond donors (Lipinski definition) is 2. The van der Waals surface area contributed by atoms with Crippen LogP contribution in [0.4, 0.5) is 5.69 Å². The topological polar surface area (TPSA) is 93.2 Å². The van der Waals surface area contributed by atoms with Gasteiger partial charge in [0.1, 0.15) is 12.4 Å². The van der Waals surface area contributed by atoms with Gasteiger partial charge in [0, 0.05) is 6.54 Å². The second-order valence-electron chi connectivity index (χ2n) is 4.25. The third-order valence-corrected chi connectivity index (χ3v) is 2.61. The van der Waals surface area contributed by atoms with Crippen LogP contribution in [0.2, 0.25) is 0 Å². The van der Waals surface area contributed by atoms with Crippen LogP contribution in [0, 0.1) is 22.5 Å². The average molecular weight is 266 g/mol. The molecule has 7 heteroatoms. The zero-order valence-corrected chi connectivity index (χ0v) is 10.8. The number of hydrogen-bond acceptors (Lipinski definition) is 5. The Balaban J connectivity index is 2.40. The Morgan fingerprint density at radius 3 is 3.00 bits per heavy atom. The highest BCUT2D eigenvalue weighted by molar-refractivity contribution is 5.20. The molecule has 0 saturated carbocycles. The van der Waals surface area contributed by atoms with E-state index in [1.54, 1.807) is 0 Å². The minimum absolute atomic E-state index is 0.0633. The van der Waals surface area contributed by atoms with Crippen molar-refractivity contribution < 1.29 is 10.0 Å². The van der Waals surface area contributed by atoms with E-state index < -0.39 is 11.0 Å². The van der Waals surface area contributed by atoms with Crippen molar-refractivity contribution in [2.45, 2.75) is 38.5 Å². The molecule has 0 aliphatic rings. The molecule has 1 heterocycles. The van der Waals surface area contributed by atoms with Crippen molar-refractivity contribution in [3.8, 4) is 12.3 Å². The predicted octanol–water partition coefficient (Wildman–Crippen LogP) is 0.544. The van der Waals surface area contributed by atoms with Gasteiger partial charge in [0.25, 0.3) is 0 Å². The van der Waals surface area contributed by atoms with Crippen molar-refractivity contribution in [1.82, 2.24) is 15.1 Å². The first-order chi connectivity index (χ1) is 9.06. The minimum atomic E-state index is -0.702. The Kier molecular flexibility index (Phi) is 5.99. The Hall–Kier alpha value is -1.91. The zero-order valence-electron chi connectivity index (χ0n) is 10.8. The molecule has 7 nitrogen and oxygen atoms in total. The van der Waals surface area contributed by atoms with Gasteiger partial charge in [-0.2, -0.15) is 5.10 Å². The highest BCUT2D eigenvalue weighted by Crippen LogP contribution is 2.08. The largest absolute Gasteiger partial charge is 0.390 e. The van der Waals surface area contributed by atoms with E-state index in [9.17, 15) is 15.2 Å². The molecule has 2 N–H and O–H groups in total. The van der Waals surface area contributed by atoms with Crippen LogP contribution in [-0.2, 0) is 6.54 Å². The van der Waals surface area contributed by atoms with Gasteiger partial charge in [-0.25, -0.2) is 0 Å². The average Bonchev–Trinajstić information content (AvgIpc) is 2.83. The Morgan fingerprint density at radius 2 is 2.47 bits per heavy atom. The van der Waals surface area contributed by atoms with Crippen LogP contribution < -0.4 is 5.32 Å². The number of rotatable bonds is 8. The molecule has 104 valence electrons. The van der Waals surface area contributed by atoms with Gasteiger partial charge in [-0.15, -0.1) is 6.42 Å². The van der Waals surface area contributed by atoms with E-state index in [0.29, 0.717) is 6.54 Å². The molecule has 0 bridgehead atoms. The lowest BCUT2D eigenvalue weighted by Gasteiger charge is -2.15. The van der Waals surface area contributed by atoms with E-state index in [-0.39, 0.29) is 18.3 Å². The van der Waals surface area contributed by atoms with Crippen LogP contribution in [-0.4, -0.2) is 38.5 Å². The van der Waals surface area contributed by atoms with Crippen molar-refractivity contribution in [2.24, 2.45) is 0 Å². The first-order valence-electron chi connectivity index (χ1n) is 6.11. The zero-order chi connectivity index (χ0) is 14.3. The van der Waals surface area contributed by atoms with Crippen LogP contribution in [0.25, 0.3) is 0 Å². The first-order valence-corrected chi connectivity index (χ1v) is 6.11. The van der Waals surface area contributed by atoms with E-state index in [1.807, 2.05) is 6.92 Å². The smallest absolute Gasteiger partial charge is 0.306 e. The summed E-state index contributed by atoms with van der Waals surface area (Å²) in [6.07, 6.45) is 8.89. The van der Waals surface area contributed by atoms with E-state index in [4.69, 9.17) is 6.42 Å². The highest BCUT2D eigenvalue weighted by Gasteiger charge is 2.12. The second kappa shape index (κ2) is 7.51. The fourth-order valence-electron chi connectivity index (χ4n) is 1.64. The molecule has 19 heavy (non-hydrogen) atoms. The van der Waals surface area contributed by atoms with E-state index in [0.717, 1.165) is 19.0 Å². The Bertz CT molecular complexity index is 452. The van der Waals surface area contributed by atoms with Crippen LogP contribution in [0.15, 0.2) is 12.4 Å². The maximum atomic E-state index is 10.5. The van der Waals surface area contributed by atoms with Crippen molar-refractivity contribution in [2.75, 3.05) is 6.54 Å². The van der Waals surface area contributed by atoms with Gasteiger partial charge in [0.2, 0.25) is 0 Å². The molecule has 0 amide bonds. The standard InChI is InChI=1S/C12H18N4O3/c1-3-5-10(4-2)13-7-12(17)9-15-8-11(6-14-15)16(18)19/h2,6,8,10,12-13,17H,3,5,7,9H2,1H3. The highest BCUT2D eigenvalue weighted by atomic mass is 16.6. The molecule has 0 radical (unpaired) electrons. The van der Waals surface area contributed by atoms with Gasteiger partial charge in [-0.05, 0) is 6.42 Å². The summed E-state index contributed by atoms with van der Waals surface area (Å²) in [6, 6.07) is -0.0633. The number of aliphatic hydroxyl groups is 1. The lowest BCUT2D eigenvalue weighted by Crippen LogP contribution is -2.36. The summed E-state index contributed by atoms with van der Waals surface area (Å²) >= 11 is 0. The molecule has 0 spiro atoms. The van der Waals surface area contributed by atoms with Crippen molar-refractivity contribution in [3.63, 3.8) is 0 Å². The number of aromatic nitrogens is 2. The summed E-state index contributed by atoms with van der Waals surface area (Å²) in [6.45, 7) is 2.54. The van der Waals surface area contributed by atoms with Crippen LogP contribution >= 0.6 is 0 Å². The van der Waals surface area contributed by atoms with Crippen molar-refractivity contribution in [3.05, 3.63) is 22.5 Å². The molecular formula is C12H18N4O3. The normalized spacial score (nSPS) is 13.7. The SMILES string of the molecule is C#CC(CCC)NCC(O)Cn1cc([N+](=O)[O-])cn1. The van der Waals surface area contributed by atoms with E-state index in [1.165, 1.54) is 10.9 Å². The van der Waals surface area contributed by atoms with E-state index in [2.05, 4.69) is 16.3 Å². The summed E-state index contributed by atoms with van der Waals surface area (Å²) in [4.78, 5) is 9.96. The molecule has 0 aliphatic heterocycles. The van der Waals surface area contributed by atoms with Gasteiger partial charge < -0.3 is 10.4 Å². The van der Waals surface area contributed by atoms with Crippen LogP contribution in [0.5, 0.6) is 0 Å². The minimum Gasteiger partial charge on any atom is -0.390 e. The third kappa shape index (κ3) is 5.07. The molecule has 1 rings (SSSR count). The van der Waals surface area contributed by atoms with Crippen molar-refractivity contribution in [1.29, 1.82) is 0 Å². The fraction of sp³-hybridized carbons (Fsp3) is 0.583. The fourth-order valence-corrected chi connectivity index (χ4v) is 1.64. The number of nitrogens with one attached hydrogen (secondary N) is 1. The van der Waals surface area contributed by atoms with E-state index >= 15 is 0 Å². The number of nitro groups is 1. The van der Waals surface area contributed by atoms with Gasteiger partial charge in [-0.1, -0.05) is 19.3 Å². The summed E-state index contributed by atoms with van der Waals surface area (Å²) in [5, 5.41) is 27.1. The summed E-state index contributed by atoms with van der Waals surface area (Å²) in [7, 11) is 0. The van der Waals surface area contributed by atoms with Gasteiger partial charge >= 0.3 is 5.69 Å². The Morgan fingerprint density at radius 1 is 1.74 bits per heavy atom. The number of nitrogens with zero attached hydrogens (tertiary/aromatic N) is 3. The van der Waals surface area contributed by atoms with Crippen LogP contribution in [0.3, 0.4) is 0 Å². The number of aliphatic hydroxyl groups excluding tert-OH is 1. The van der Waals surface area contributed by atoms with Gasteiger partial charge in [0.05, 0.1) is 23.6 Å². The third-order valence-electron chi connectivity index (χ3n) is 2.61. The molecule has 2 unspecified atom stereocenters. The lowest BCUT2D eigenvalue weighted by molar-refractivity contribution is -0.385. The molecule has 1 aromatic heterocycles. The number of terminal acetylenes is 1. The molecule has 2 atom stereocenters. The molecule has 0 fully saturated rings. The predicted molar refractivity (Wildman–Crippen MR) is 70.4 cm³/mol. The Labute approximate surface area is 111 Å². The maximum Gasteiger partial charge on any atom is 0.306 e. The molecule has 1 aromatic rings. The first kappa shape index (κ1) is 15.1. The quantitative estimate of drug-likeness (QED) is 0.407. The molecular weight excluding hydrogens is 248 g/mol.